The highest BCUT2D eigenvalue weighted by molar-refractivity contribution is 5.90. The van der Waals surface area contributed by atoms with Crippen molar-refractivity contribution in [3.05, 3.63) is 11.6 Å². The van der Waals surface area contributed by atoms with Crippen LogP contribution >= 0.6 is 0 Å². The quantitative estimate of drug-likeness (QED) is 0.379. The highest BCUT2D eigenvalue weighted by Gasteiger charge is 2.25. The minimum Gasteiger partial charge on any atom is -0.462 e. The Morgan fingerprint density at radius 2 is 2.31 bits per heavy atom. The van der Waals surface area contributed by atoms with Gasteiger partial charge in [-0.2, -0.15) is 0 Å². The molecular weight excluding hydrogens is 164 g/mol. The van der Waals surface area contributed by atoms with Crippen molar-refractivity contribution < 1.29 is 9.53 Å². The van der Waals surface area contributed by atoms with Crippen LogP contribution in [0.25, 0.3) is 0 Å². The van der Waals surface area contributed by atoms with Crippen LogP contribution in [-0.2, 0) is 9.53 Å². The zero-order valence-electron chi connectivity index (χ0n) is 8.51. The van der Waals surface area contributed by atoms with Crippen molar-refractivity contribution in [3.8, 4) is 0 Å². The van der Waals surface area contributed by atoms with E-state index in [-0.39, 0.29) is 5.97 Å². The smallest absolute Gasteiger partial charge is 0.334 e. The van der Waals surface area contributed by atoms with E-state index in [0.29, 0.717) is 12.5 Å². The molecule has 1 saturated heterocycles. The van der Waals surface area contributed by atoms with Gasteiger partial charge in [0.2, 0.25) is 0 Å². The summed E-state index contributed by atoms with van der Waals surface area (Å²) < 4.78 is 4.93. The van der Waals surface area contributed by atoms with Crippen LogP contribution in [0.5, 0.6) is 0 Å². The molecule has 1 aliphatic heterocycles. The molecule has 0 aromatic heterocycles. The monoisotopic (exact) mass is 182 g/mol. The van der Waals surface area contributed by atoms with Gasteiger partial charge in [-0.3, -0.25) is 0 Å². The Balaban J connectivity index is 2.36. The Labute approximate surface area is 80.0 Å². The lowest BCUT2D eigenvalue weighted by Crippen LogP contribution is -1.98. The van der Waals surface area contributed by atoms with Gasteiger partial charge in [0.25, 0.3) is 0 Å². The van der Waals surface area contributed by atoms with Crippen LogP contribution < -0.4 is 0 Å². The van der Waals surface area contributed by atoms with Crippen molar-refractivity contribution in [2.45, 2.75) is 39.5 Å². The van der Waals surface area contributed by atoms with Gasteiger partial charge in [0, 0.05) is 11.5 Å². The standard InChI is InChI=1S/C11H18O2/c1-3-4-5-6-7-10-9(2)8-13-11(10)12/h7,9H,3-6,8H2,1-2H3/b10-7+. The molecule has 0 aromatic rings. The van der Waals surface area contributed by atoms with E-state index in [1.54, 1.807) is 0 Å². The zero-order chi connectivity index (χ0) is 9.68. The Kier molecular flexibility index (Phi) is 4.00. The summed E-state index contributed by atoms with van der Waals surface area (Å²) in [5, 5.41) is 0. The SMILES string of the molecule is CCCCC/C=C1/C(=O)OCC1C. The Morgan fingerprint density at radius 1 is 1.54 bits per heavy atom. The van der Waals surface area contributed by atoms with E-state index in [1.165, 1.54) is 19.3 Å². The van der Waals surface area contributed by atoms with Gasteiger partial charge in [-0.25, -0.2) is 4.79 Å². The van der Waals surface area contributed by atoms with Crippen molar-refractivity contribution in [3.63, 3.8) is 0 Å². The van der Waals surface area contributed by atoms with E-state index in [2.05, 4.69) is 13.0 Å². The molecule has 0 aliphatic carbocycles. The second-order valence-corrected chi connectivity index (χ2v) is 3.65. The van der Waals surface area contributed by atoms with Gasteiger partial charge < -0.3 is 4.74 Å². The van der Waals surface area contributed by atoms with Gasteiger partial charge in [-0.1, -0.05) is 32.8 Å². The largest absolute Gasteiger partial charge is 0.462 e. The lowest BCUT2D eigenvalue weighted by molar-refractivity contribution is -0.135. The maximum Gasteiger partial charge on any atom is 0.334 e. The molecule has 1 unspecified atom stereocenters. The first-order valence-electron chi connectivity index (χ1n) is 5.13. The molecule has 0 saturated carbocycles. The number of allylic oxidation sites excluding steroid dienone is 1. The summed E-state index contributed by atoms with van der Waals surface area (Å²) in [6.07, 6.45) is 6.72. The number of rotatable bonds is 4. The first-order valence-corrected chi connectivity index (χ1v) is 5.13. The van der Waals surface area contributed by atoms with Gasteiger partial charge in [-0.15, -0.1) is 0 Å². The predicted octanol–water partition coefficient (Wildman–Crippen LogP) is 2.69. The molecular formula is C11H18O2. The fraction of sp³-hybridized carbons (Fsp3) is 0.727. The van der Waals surface area contributed by atoms with Crippen LogP contribution in [0, 0.1) is 5.92 Å². The Bertz CT molecular complexity index is 206. The number of hydrogen-bond acceptors (Lipinski definition) is 2. The highest BCUT2D eigenvalue weighted by Crippen LogP contribution is 2.21. The molecule has 0 spiro atoms. The van der Waals surface area contributed by atoms with Crippen LogP contribution in [0.1, 0.15) is 39.5 Å². The zero-order valence-corrected chi connectivity index (χ0v) is 8.51. The molecule has 0 aromatic carbocycles. The maximum absolute atomic E-state index is 11.2. The highest BCUT2D eigenvalue weighted by atomic mass is 16.5. The van der Waals surface area contributed by atoms with Crippen LogP contribution in [0.3, 0.4) is 0 Å². The summed E-state index contributed by atoms with van der Waals surface area (Å²) in [6, 6.07) is 0. The molecule has 1 atom stereocenters. The fourth-order valence-electron chi connectivity index (χ4n) is 1.51. The number of unbranched alkanes of at least 4 members (excludes halogenated alkanes) is 3. The average molecular weight is 182 g/mol. The summed E-state index contributed by atoms with van der Waals surface area (Å²) in [6.45, 7) is 4.79. The summed E-state index contributed by atoms with van der Waals surface area (Å²) in [5.74, 6) is 0.193. The predicted molar refractivity (Wildman–Crippen MR) is 52.3 cm³/mol. The molecule has 0 bridgehead atoms. The molecule has 1 rings (SSSR count). The fourth-order valence-corrected chi connectivity index (χ4v) is 1.51. The third-order valence-electron chi connectivity index (χ3n) is 2.40. The van der Waals surface area contributed by atoms with Crippen molar-refractivity contribution >= 4 is 5.97 Å². The lowest BCUT2D eigenvalue weighted by Gasteiger charge is -1.98. The van der Waals surface area contributed by atoms with Crippen LogP contribution in [0.15, 0.2) is 11.6 Å². The Morgan fingerprint density at radius 3 is 2.85 bits per heavy atom. The summed E-state index contributed by atoms with van der Waals surface area (Å²) in [4.78, 5) is 11.2. The van der Waals surface area contributed by atoms with Crippen LogP contribution in [-0.4, -0.2) is 12.6 Å². The molecule has 2 nitrogen and oxygen atoms in total. The topological polar surface area (TPSA) is 26.3 Å². The van der Waals surface area contributed by atoms with E-state index in [4.69, 9.17) is 4.74 Å². The van der Waals surface area contributed by atoms with Crippen molar-refractivity contribution in [2.24, 2.45) is 5.92 Å². The number of hydrogen-bond donors (Lipinski definition) is 0. The van der Waals surface area contributed by atoms with E-state index < -0.39 is 0 Å². The number of cyclic esters (lactones) is 1. The minimum absolute atomic E-state index is 0.107. The first kappa shape index (κ1) is 10.3. The van der Waals surface area contributed by atoms with Crippen molar-refractivity contribution in [2.75, 3.05) is 6.61 Å². The van der Waals surface area contributed by atoms with Crippen molar-refractivity contribution in [1.82, 2.24) is 0 Å². The molecule has 0 N–H and O–H groups in total. The summed E-state index contributed by atoms with van der Waals surface area (Å²) in [5.41, 5.74) is 0.885. The van der Waals surface area contributed by atoms with E-state index in [9.17, 15) is 4.79 Å². The molecule has 13 heavy (non-hydrogen) atoms. The second kappa shape index (κ2) is 5.05. The normalized spacial score (nSPS) is 25.2. The summed E-state index contributed by atoms with van der Waals surface area (Å²) >= 11 is 0. The molecule has 0 radical (unpaired) electrons. The van der Waals surface area contributed by atoms with Gasteiger partial charge >= 0.3 is 5.97 Å². The molecule has 2 heteroatoms. The third kappa shape index (κ3) is 2.87. The van der Waals surface area contributed by atoms with Gasteiger partial charge in [-0.05, 0) is 12.8 Å². The molecule has 1 aliphatic rings. The first-order chi connectivity index (χ1) is 6.25. The molecule has 0 amide bonds. The van der Waals surface area contributed by atoms with Gasteiger partial charge in [0.05, 0.1) is 6.61 Å². The maximum atomic E-state index is 11.2. The minimum atomic E-state index is -0.107. The molecule has 1 fully saturated rings. The lowest BCUT2D eigenvalue weighted by atomic mass is 10.0. The molecule has 74 valence electrons. The van der Waals surface area contributed by atoms with Crippen LogP contribution in [0.2, 0.25) is 0 Å². The van der Waals surface area contributed by atoms with Crippen molar-refractivity contribution in [1.29, 1.82) is 0 Å². The Hall–Kier alpha value is -0.790. The van der Waals surface area contributed by atoms with E-state index in [0.717, 1.165) is 12.0 Å². The van der Waals surface area contributed by atoms with Crippen LogP contribution in [0.4, 0.5) is 0 Å². The summed E-state index contributed by atoms with van der Waals surface area (Å²) in [7, 11) is 0. The average Bonchev–Trinajstić information content (AvgIpc) is 2.42. The number of carbonyl (C=O) groups excluding carboxylic acids is 1. The van der Waals surface area contributed by atoms with Gasteiger partial charge in [0.15, 0.2) is 0 Å². The second-order valence-electron chi connectivity index (χ2n) is 3.65. The number of esters is 1. The number of carbonyl (C=O) groups is 1. The van der Waals surface area contributed by atoms with E-state index >= 15 is 0 Å². The van der Waals surface area contributed by atoms with E-state index in [1.807, 2.05) is 6.92 Å². The molecule has 1 heterocycles. The third-order valence-corrected chi connectivity index (χ3v) is 2.40. The van der Waals surface area contributed by atoms with Gasteiger partial charge in [0.1, 0.15) is 0 Å². The number of ether oxygens (including phenoxy) is 1.